The van der Waals surface area contributed by atoms with E-state index in [1.54, 1.807) is 0 Å². The summed E-state index contributed by atoms with van der Waals surface area (Å²) in [5, 5.41) is 3.58. The van der Waals surface area contributed by atoms with Crippen molar-refractivity contribution >= 4 is 17.4 Å². The lowest BCUT2D eigenvalue weighted by molar-refractivity contribution is 0.334. The molecule has 3 heteroatoms. The van der Waals surface area contributed by atoms with Gasteiger partial charge in [0, 0.05) is 0 Å². The van der Waals surface area contributed by atoms with Crippen molar-refractivity contribution in [2.24, 2.45) is 0 Å². The largest absolute Gasteiger partial charge is 0.468 e. The topological polar surface area (TPSA) is 21.3 Å². The summed E-state index contributed by atoms with van der Waals surface area (Å²) in [5.74, 6) is 0. The van der Waals surface area contributed by atoms with E-state index in [0.717, 1.165) is 0 Å². The maximum atomic E-state index is 5.14. The van der Waals surface area contributed by atoms with Crippen LogP contribution in [0.1, 0.15) is 25.5 Å². The average Bonchev–Trinajstić information content (AvgIpc) is 2.69. The predicted octanol–water partition coefficient (Wildman–Crippen LogP) is 2.66. The molecule has 1 saturated heterocycles. The van der Waals surface area contributed by atoms with Gasteiger partial charge in [0.2, 0.25) is 0 Å². The van der Waals surface area contributed by atoms with E-state index in [1.807, 2.05) is 32.0 Å². The number of hydrogen-bond acceptors (Lipinski definition) is 2. The number of nitrogens with one attached hydrogen (secondary N) is 1. The Morgan fingerprint density at radius 1 is 1.29 bits per heavy atom. The lowest BCUT2D eigenvalue weighted by atomic mass is 10.1. The van der Waals surface area contributed by atoms with E-state index < -0.39 is 0 Å². The zero-order valence-electron chi connectivity index (χ0n) is 8.49. The quantitative estimate of drug-likeness (QED) is 0.718. The van der Waals surface area contributed by atoms with Gasteiger partial charge in [-0.25, -0.2) is 0 Å². The SMILES string of the molecule is CC.S=C1NC(c2ccccc2)CO1. The fraction of sp³-hybridized carbons (Fsp3) is 0.364. The molecule has 1 unspecified atom stereocenters. The molecule has 2 nitrogen and oxygen atoms in total. The molecule has 1 aromatic carbocycles. The third-order valence-electron chi connectivity index (χ3n) is 1.88. The van der Waals surface area contributed by atoms with Crippen LogP contribution in [-0.4, -0.2) is 11.8 Å². The minimum atomic E-state index is 0.235. The van der Waals surface area contributed by atoms with Gasteiger partial charge in [0.15, 0.2) is 0 Å². The van der Waals surface area contributed by atoms with Crippen molar-refractivity contribution in [3.63, 3.8) is 0 Å². The molecule has 1 fully saturated rings. The fourth-order valence-corrected chi connectivity index (χ4v) is 1.46. The van der Waals surface area contributed by atoms with Crippen molar-refractivity contribution in [3.8, 4) is 0 Å². The maximum absolute atomic E-state index is 5.14. The van der Waals surface area contributed by atoms with Crippen LogP contribution in [0.2, 0.25) is 0 Å². The Kier molecular flexibility index (Phi) is 4.40. The van der Waals surface area contributed by atoms with Crippen LogP contribution in [0, 0.1) is 0 Å². The summed E-state index contributed by atoms with van der Waals surface area (Å²) in [7, 11) is 0. The van der Waals surface area contributed by atoms with Crippen LogP contribution in [0.25, 0.3) is 0 Å². The van der Waals surface area contributed by atoms with E-state index in [0.29, 0.717) is 11.8 Å². The monoisotopic (exact) mass is 209 g/mol. The molecule has 14 heavy (non-hydrogen) atoms. The van der Waals surface area contributed by atoms with Gasteiger partial charge in [-0.2, -0.15) is 0 Å². The van der Waals surface area contributed by atoms with E-state index >= 15 is 0 Å². The van der Waals surface area contributed by atoms with Gasteiger partial charge in [0.05, 0.1) is 6.04 Å². The molecule has 76 valence electrons. The Balaban J connectivity index is 0.000000461. The summed E-state index contributed by atoms with van der Waals surface area (Å²) in [6.07, 6.45) is 0. The van der Waals surface area contributed by atoms with E-state index in [4.69, 9.17) is 17.0 Å². The van der Waals surface area contributed by atoms with Gasteiger partial charge < -0.3 is 10.1 Å². The lowest BCUT2D eigenvalue weighted by Crippen LogP contribution is -2.17. The number of benzene rings is 1. The van der Waals surface area contributed by atoms with Gasteiger partial charge in [0.25, 0.3) is 5.17 Å². The molecular weight excluding hydrogens is 194 g/mol. The second-order valence-corrected chi connectivity index (χ2v) is 3.08. The zero-order chi connectivity index (χ0) is 10.4. The number of rotatable bonds is 1. The molecule has 1 heterocycles. The molecule has 1 aliphatic rings. The molecule has 2 rings (SSSR count). The Morgan fingerprint density at radius 3 is 2.43 bits per heavy atom. The van der Waals surface area contributed by atoms with Crippen molar-refractivity contribution in [2.45, 2.75) is 19.9 Å². The first-order valence-corrected chi connectivity index (χ1v) is 5.25. The average molecular weight is 209 g/mol. The Bertz CT molecular complexity index is 287. The van der Waals surface area contributed by atoms with E-state index in [2.05, 4.69) is 17.4 Å². The molecule has 1 aromatic rings. The highest BCUT2D eigenvalue weighted by atomic mass is 32.1. The maximum Gasteiger partial charge on any atom is 0.257 e. The summed E-state index contributed by atoms with van der Waals surface area (Å²) < 4.78 is 5.14. The Labute approximate surface area is 90.3 Å². The van der Waals surface area contributed by atoms with Crippen LogP contribution in [0.4, 0.5) is 0 Å². The Hall–Kier alpha value is -1.09. The van der Waals surface area contributed by atoms with Gasteiger partial charge >= 0.3 is 0 Å². The fourth-order valence-electron chi connectivity index (χ4n) is 1.25. The zero-order valence-corrected chi connectivity index (χ0v) is 9.30. The normalized spacial score (nSPS) is 19.0. The van der Waals surface area contributed by atoms with Crippen LogP contribution in [-0.2, 0) is 4.74 Å². The van der Waals surface area contributed by atoms with Crippen LogP contribution in [0.5, 0.6) is 0 Å². The van der Waals surface area contributed by atoms with Gasteiger partial charge in [-0.1, -0.05) is 44.2 Å². The molecule has 0 spiro atoms. The molecule has 1 N–H and O–H groups in total. The molecule has 1 aliphatic heterocycles. The molecular formula is C11H15NOS. The van der Waals surface area contributed by atoms with Gasteiger partial charge in [-0.3, -0.25) is 0 Å². The van der Waals surface area contributed by atoms with Crippen LogP contribution < -0.4 is 5.32 Å². The smallest absolute Gasteiger partial charge is 0.257 e. The van der Waals surface area contributed by atoms with E-state index in [-0.39, 0.29) is 6.04 Å². The summed E-state index contributed by atoms with van der Waals surface area (Å²) in [6.45, 7) is 4.64. The standard InChI is InChI=1S/C9H9NOS.C2H6/c12-9-10-8(6-11-9)7-4-2-1-3-5-7;1-2/h1-5,8H,6H2,(H,10,12);1-2H3. The minimum Gasteiger partial charge on any atom is -0.468 e. The molecule has 1 atom stereocenters. The molecule has 0 aliphatic carbocycles. The summed E-state index contributed by atoms with van der Waals surface area (Å²) in [4.78, 5) is 0. The summed E-state index contributed by atoms with van der Waals surface area (Å²) >= 11 is 4.86. The molecule has 0 radical (unpaired) electrons. The molecule has 0 bridgehead atoms. The number of thiocarbonyl (C=S) groups is 1. The highest BCUT2D eigenvalue weighted by molar-refractivity contribution is 7.80. The molecule has 0 saturated carbocycles. The van der Waals surface area contributed by atoms with E-state index in [1.165, 1.54) is 5.56 Å². The van der Waals surface area contributed by atoms with Gasteiger partial charge in [-0.05, 0) is 17.8 Å². The highest BCUT2D eigenvalue weighted by Gasteiger charge is 2.20. The van der Waals surface area contributed by atoms with Crippen molar-refractivity contribution in [3.05, 3.63) is 35.9 Å². The highest BCUT2D eigenvalue weighted by Crippen LogP contribution is 2.16. The van der Waals surface area contributed by atoms with Crippen LogP contribution >= 0.6 is 12.2 Å². The number of ether oxygens (including phenoxy) is 1. The van der Waals surface area contributed by atoms with Crippen molar-refractivity contribution in [2.75, 3.05) is 6.61 Å². The first kappa shape index (κ1) is 11.0. The predicted molar refractivity (Wildman–Crippen MR) is 62.2 cm³/mol. The summed E-state index contributed by atoms with van der Waals surface area (Å²) in [5.41, 5.74) is 1.22. The summed E-state index contributed by atoms with van der Waals surface area (Å²) in [6, 6.07) is 10.4. The second-order valence-electron chi connectivity index (χ2n) is 2.71. The van der Waals surface area contributed by atoms with Gasteiger partial charge in [0.1, 0.15) is 6.61 Å². The minimum absolute atomic E-state index is 0.235. The van der Waals surface area contributed by atoms with Crippen molar-refractivity contribution < 1.29 is 4.74 Å². The first-order valence-electron chi connectivity index (χ1n) is 4.84. The third kappa shape index (κ3) is 2.70. The van der Waals surface area contributed by atoms with E-state index in [9.17, 15) is 0 Å². The van der Waals surface area contributed by atoms with Gasteiger partial charge in [-0.15, -0.1) is 0 Å². The van der Waals surface area contributed by atoms with Crippen LogP contribution in [0.15, 0.2) is 30.3 Å². The van der Waals surface area contributed by atoms with Crippen molar-refractivity contribution in [1.82, 2.24) is 5.32 Å². The van der Waals surface area contributed by atoms with Crippen molar-refractivity contribution in [1.29, 1.82) is 0 Å². The second kappa shape index (κ2) is 5.60. The first-order chi connectivity index (χ1) is 6.86. The molecule has 0 aromatic heterocycles. The lowest BCUT2D eigenvalue weighted by Gasteiger charge is -2.06. The van der Waals surface area contributed by atoms with Crippen LogP contribution in [0.3, 0.4) is 0 Å². The molecule has 0 amide bonds. The third-order valence-corrected chi connectivity index (χ3v) is 2.11. The number of hydrogen-bond donors (Lipinski definition) is 1. The Morgan fingerprint density at radius 2 is 1.93 bits per heavy atom.